The number of hydrogen-bond donors (Lipinski definition) is 0. The van der Waals surface area contributed by atoms with Gasteiger partial charge in [-0.3, -0.25) is 9.59 Å². The van der Waals surface area contributed by atoms with E-state index in [1.807, 2.05) is 24.8 Å². The van der Waals surface area contributed by atoms with E-state index >= 15 is 0 Å². The molecule has 2 unspecified atom stereocenters. The Kier molecular flexibility index (Phi) is 6.52. The van der Waals surface area contributed by atoms with Crippen LogP contribution in [0.3, 0.4) is 0 Å². The maximum Gasteiger partial charge on any atom is 0.265 e. The van der Waals surface area contributed by atoms with E-state index in [9.17, 15) is 9.59 Å². The summed E-state index contributed by atoms with van der Waals surface area (Å²) in [6.45, 7) is 12.4. The summed E-state index contributed by atoms with van der Waals surface area (Å²) in [7, 11) is 0. The minimum absolute atomic E-state index is 0.0287. The van der Waals surface area contributed by atoms with Gasteiger partial charge < -0.3 is 19.3 Å². The van der Waals surface area contributed by atoms with Crippen LogP contribution in [0.15, 0.2) is 18.2 Å². The average molecular weight is 403 g/mol. The molecule has 160 valence electrons. The quantitative estimate of drug-likeness (QED) is 0.731. The van der Waals surface area contributed by atoms with Crippen molar-refractivity contribution in [3.8, 4) is 5.75 Å². The fourth-order valence-electron chi connectivity index (χ4n) is 4.00. The lowest BCUT2D eigenvalue weighted by molar-refractivity contribution is -0.143. The van der Waals surface area contributed by atoms with Crippen molar-refractivity contribution in [2.24, 2.45) is 0 Å². The second-order valence-electron chi connectivity index (χ2n) is 8.91. The molecule has 0 aromatic heterocycles. The van der Waals surface area contributed by atoms with Crippen LogP contribution in [-0.2, 0) is 19.7 Å². The summed E-state index contributed by atoms with van der Waals surface area (Å²) in [6, 6.07) is 6.12. The molecule has 0 saturated carbocycles. The Balaban J connectivity index is 1.66. The first kappa shape index (κ1) is 21.6. The highest BCUT2D eigenvalue weighted by molar-refractivity contribution is 5.98. The zero-order chi connectivity index (χ0) is 21.2. The van der Waals surface area contributed by atoms with Crippen molar-refractivity contribution in [1.82, 2.24) is 4.90 Å². The number of ether oxygens (including phenoxy) is 2. The molecule has 1 aromatic carbocycles. The fraction of sp³-hybridized carbons (Fsp3) is 0.652. The highest BCUT2D eigenvalue weighted by Gasteiger charge is 2.29. The Morgan fingerprint density at radius 1 is 1.21 bits per heavy atom. The first-order chi connectivity index (χ1) is 13.7. The van der Waals surface area contributed by atoms with Crippen LogP contribution >= 0.6 is 0 Å². The summed E-state index contributed by atoms with van der Waals surface area (Å²) in [6.07, 6.45) is 2.20. The lowest BCUT2D eigenvalue weighted by atomic mass is 9.82. The van der Waals surface area contributed by atoms with Gasteiger partial charge in [-0.05, 0) is 49.8 Å². The van der Waals surface area contributed by atoms with Gasteiger partial charge >= 0.3 is 0 Å². The number of fused-ring (bicyclic) bond motifs is 1. The maximum atomic E-state index is 12.6. The van der Waals surface area contributed by atoms with E-state index in [0.717, 1.165) is 17.9 Å². The second kappa shape index (κ2) is 8.74. The van der Waals surface area contributed by atoms with Crippen molar-refractivity contribution >= 4 is 17.5 Å². The molecule has 0 radical (unpaired) electrons. The van der Waals surface area contributed by atoms with Crippen LogP contribution in [0.1, 0.15) is 59.4 Å². The molecule has 1 saturated heterocycles. The molecule has 2 heterocycles. The molecule has 0 aliphatic carbocycles. The minimum Gasteiger partial charge on any atom is -0.482 e. The molecule has 3 rings (SSSR count). The molecular weight excluding hydrogens is 368 g/mol. The van der Waals surface area contributed by atoms with Gasteiger partial charge in [-0.2, -0.15) is 0 Å². The van der Waals surface area contributed by atoms with Gasteiger partial charge in [0.15, 0.2) is 6.61 Å². The van der Waals surface area contributed by atoms with Gasteiger partial charge in [0.25, 0.3) is 5.91 Å². The van der Waals surface area contributed by atoms with Crippen LogP contribution in [0.5, 0.6) is 5.75 Å². The lowest BCUT2D eigenvalue weighted by Crippen LogP contribution is -2.48. The van der Waals surface area contributed by atoms with Gasteiger partial charge in [0.1, 0.15) is 5.75 Å². The van der Waals surface area contributed by atoms with E-state index in [2.05, 4.69) is 32.9 Å². The molecule has 2 atom stereocenters. The molecule has 0 N–H and O–H groups in total. The minimum atomic E-state index is -0.0509. The molecule has 2 aliphatic rings. The number of nitrogens with zero attached hydrogens (tertiary/aromatic N) is 2. The highest BCUT2D eigenvalue weighted by atomic mass is 16.5. The van der Waals surface area contributed by atoms with Gasteiger partial charge in [-0.1, -0.05) is 26.8 Å². The maximum absolute atomic E-state index is 12.6. The van der Waals surface area contributed by atoms with Gasteiger partial charge in [0.05, 0.1) is 17.9 Å². The molecule has 2 amide bonds. The fourth-order valence-corrected chi connectivity index (χ4v) is 4.00. The number of benzene rings is 1. The first-order valence-corrected chi connectivity index (χ1v) is 10.7. The number of carbonyl (C=O) groups is 2. The summed E-state index contributed by atoms with van der Waals surface area (Å²) < 4.78 is 11.3. The number of amides is 2. The molecule has 6 nitrogen and oxygen atoms in total. The molecule has 0 spiro atoms. The van der Waals surface area contributed by atoms with Crippen molar-refractivity contribution < 1.29 is 19.1 Å². The van der Waals surface area contributed by atoms with Crippen LogP contribution in [0.4, 0.5) is 5.69 Å². The number of carbonyl (C=O) groups excluding carboxylic acids is 2. The van der Waals surface area contributed by atoms with Crippen molar-refractivity contribution in [1.29, 1.82) is 0 Å². The van der Waals surface area contributed by atoms with Gasteiger partial charge in [-0.15, -0.1) is 0 Å². The third-order valence-corrected chi connectivity index (χ3v) is 6.11. The standard InChI is InChI=1S/C23H34N2O4/c1-6-23(4,5)18-9-10-20-19(12-18)25(22(27)15-28-20)11-7-8-21(26)24-13-16(2)29-17(3)14-24/h9-10,12,16-17H,6-8,11,13-15H2,1-5H3. The zero-order valence-corrected chi connectivity index (χ0v) is 18.4. The Labute approximate surface area is 174 Å². The predicted octanol–water partition coefficient (Wildman–Crippen LogP) is 3.52. The Bertz CT molecular complexity index is 751. The molecule has 6 heteroatoms. The molecule has 0 bridgehead atoms. The first-order valence-electron chi connectivity index (χ1n) is 10.7. The Morgan fingerprint density at radius 2 is 1.90 bits per heavy atom. The SMILES string of the molecule is CCC(C)(C)c1ccc2c(c1)N(CCCC(=O)N1CC(C)OC(C)C1)C(=O)CO2. The topological polar surface area (TPSA) is 59.1 Å². The van der Waals surface area contributed by atoms with E-state index in [1.54, 1.807) is 4.90 Å². The molecule has 1 fully saturated rings. The largest absolute Gasteiger partial charge is 0.482 e. The Morgan fingerprint density at radius 3 is 2.55 bits per heavy atom. The number of hydrogen-bond acceptors (Lipinski definition) is 4. The predicted molar refractivity (Wildman–Crippen MR) is 113 cm³/mol. The summed E-state index contributed by atoms with van der Waals surface area (Å²) in [5.74, 6) is 0.821. The van der Waals surface area contributed by atoms with E-state index in [0.29, 0.717) is 32.5 Å². The summed E-state index contributed by atoms with van der Waals surface area (Å²) >= 11 is 0. The molecular formula is C23H34N2O4. The second-order valence-corrected chi connectivity index (χ2v) is 8.91. The number of morpholine rings is 1. The Hall–Kier alpha value is -2.08. The number of rotatable bonds is 6. The van der Waals surface area contributed by atoms with Crippen molar-refractivity contribution in [2.75, 3.05) is 31.1 Å². The normalized spacial score (nSPS) is 22.3. The number of anilines is 1. The summed E-state index contributed by atoms with van der Waals surface area (Å²) in [4.78, 5) is 28.8. The van der Waals surface area contributed by atoms with Crippen molar-refractivity contribution in [3.63, 3.8) is 0 Å². The summed E-state index contributed by atoms with van der Waals surface area (Å²) in [5.41, 5.74) is 2.04. The smallest absolute Gasteiger partial charge is 0.265 e. The van der Waals surface area contributed by atoms with Crippen LogP contribution in [0.2, 0.25) is 0 Å². The third-order valence-electron chi connectivity index (χ3n) is 6.11. The van der Waals surface area contributed by atoms with E-state index in [-0.39, 0.29) is 36.0 Å². The van der Waals surface area contributed by atoms with Gasteiger partial charge in [-0.25, -0.2) is 0 Å². The average Bonchev–Trinajstić information content (AvgIpc) is 2.68. The highest BCUT2D eigenvalue weighted by Crippen LogP contribution is 2.37. The molecule has 2 aliphatic heterocycles. The van der Waals surface area contributed by atoms with E-state index in [1.165, 1.54) is 5.56 Å². The van der Waals surface area contributed by atoms with Crippen molar-refractivity contribution in [2.45, 2.75) is 71.5 Å². The van der Waals surface area contributed by atoms with Gasteiger partial charge in [0.2, 0.25) is 5.91 Å². The van der Waals surface area contributed by atoms with E-state index in [4.69, 9.17) is 9.47 Å². The monoisotopic (exact) mass is 402 g/mol. The zero-order valence-electron chi connectivity index (χ0n) is 18.4. The molecule has 1 aromatic rings. The van der Waals surface area contributed by atoms with Crippen LogP contribution in [0, 0.1) is 0 Å². The van der Waals surface area contributed by atoms with Crippen molar-refractivity contribution in [3.05, 3.63) is 23.8 Å². The molecule has 29 heavy (non-hydrogen) atoms. The van der Waals surface area contributed by atoms with E-state index < -0.39 is 0 Å². The van der Waals surface area contributed by atoms with Crippen LogP contribution in [-0.4, -0.2) is 55.2 Å². The third kappa shape index (κ3) is 4.92. The van der Waals surface area contributed by atoms with Crippen LogP contribution in [0.25, 0.3) is 0 Å². The lowest BCUT2D eigenvalue weighted by Gasteiger charge is -2.35. The van der Waals surface area contributed by atoms with Crippen LogP contribution < -0.4 is 9.64 Å². The summed E-state index contributed by atoms with van der Waals surface area (Å²) in [5, 5.41) is 0. The van der Waals surface area contributed by atoms with Gasteiger partial charge in [0, 0.05) is 26.1 Å².